The Balaban J connectivity index is 1.93. The molecule has 1 atom stereocenters. The molecule has 176 valence electrons. The summed E-state index contributed by atoms with van der Waals surface area (Å²) in [6.07, 6.45) is 1.32. The first-order valence-corrected chi connectivity index (χ1v) is 12.1. The molecule has 1 aliphatic heterocycles. The van der Waals surface area contributed by atoms with Crippen molar-refractivity contribution >= 4 is 39.1 Å². The van der Waals surface area contributed by atoms with E-state index < -0.39 is 21.1 Å². The molecule has 0 N–H and O–H groups in total. The minimum atomic E-state index is -4.11. The van der Waals surface area contributed by atoms with Crippen molar-refractivity contribution < 1.29 is 27.4 Å². The first-order chi connectivity index (χ1) is 16.3. The van der Waals surface area contributed by atoms with Crippen LogP contribution in [-0.2, 0) is 14.6 Å². The quantitative estimate of drug-likeness (QED) is 0.450. The number of benzene rings is 3. The van der Waals surface area contributed by atoms with E-state index in [1.54, 1.807) is 66.7 Å². The van der Waals surface area contributed by atoms with E-state index in [9.17, 15) is 13.2 Å². The van der Waals surface area contributed by atoms with Crippen LogP contribution in [-0.4, -0.2) is 35.7 Å². The molecule has 7 nitrogen and oxygen atoms in total. The molecule has 1 aliphatic rings. The zero-order valence-electron chi connectivity index (χ0n) is 18.7. The summed E-state index contributed by atoms with van der Waals surface area (Å²) in [6.45, 7) is 0. The van der Waals surface area contributed by atoms with Crippen LogP contribution in [0, 0.1) is 0 Å². The lowest BCUT2D eigenvalue weighted by Crippen LogP contribution is -2.28. The van der Waals surface area contributed by atoms with Crippen molar-refractivity contribution in [3.8, 4) is 17.2 Å². The van der Waals surface area contributed by atoms with Crippen LogP contribution in [0.5, 0.6) is 17.2 Å². The summed E-state index contributed by atoms with van der Waals surface area (Å²) in [4.78, 5) is 14.5. The number of hydrogen-bond acceptors (Lipinski definition) is 6. The summed E-state index contributed by atoms with van der Waals surface area (Å²) in [5.41, 5.74) is 1.24. The number of amides is 1. The largest absolute Gasteiger partial charge is 0.493 e. The van der Waals surface area contributed by atoms with Gasteiger partial charge in [-0.15, -0.1) is 0 Å². The molecule has 4 rings (SSSR count). The topological polar surface area (TPSA) is 82.1 Å². The van der Waals surface area contributed by atoms with Crippen molar-refractivity contribution in [3.63, 3.8) is 0 Å². The van der Waals surface area contributed by atoms with Crippen LogP contribution in [0.1, 0.15) is 16.5 Å². The van der Waals surface area contributed by atoms with Crippen LogP contribution in [0.3, 0.4) is 0 Å². The number of carbonyl (C=O) groups is 1. The molecule has 0 aliphatic carbocycles. The van der Waals surface area contributed by atoms with Gasteiger partial charge in [0.05, 0.1) is 21.3 Å². The maximum absolute atomic E-state index is 13.8. The molecular formula is C25H22ClNO6S. The third kappa shape index (κ3) is 4.10. The van der Waals surface area contributed by atoms with Crippen molar-refractivity contribution in [2.45, 2.75) is 5.37 Å². The third-order valence-corrected chi connectivity index (χ3v) is 7.63. The van der Waals surface area contributed by atoms with Crippen LogP contribution in [0.15, 0.2) is 71.6 Å². The van der Waals surface area contributed by atoms with Gasteiger partial charge in [-0.3, -0.25) is 9.69 Å². The maximum Gasteiger partial charge on any atom is 0.271 e. The van der Waals surface area contributed by atoms with Gasteiger partial charge < -0.3 is 14.2 Å². The van der Waals surface area contributed by atoms with E-state index in [1.807, 2.05) is 0 Å². The summed E-state index contributed by atoms with van der Waals surface area (Å²) in [5.74, 6) is 0.367. The van der Waals surface area contributed by atoms with Crippen molar-refractivity contribution in [1.82, 2.24) is 0 Å². The number of sulfone groups is 1. The highest BCUT2D eigenvalue weighted by molar-refractivity contribution is 7.97. The fourth-order valence-electron chi connectivity index (χ4n) is 3.91. The summed E-state index contributed by atoms with van der Waals surface area (Å²) < 4.78 is 43.6. The van der Waals surface area contributed by atoms with Gasteiger partial charge in [0.2, 0.25) is 15.6 Å². The summed E-state index contributed by atoms with van der Waals surface area (Å²) in [6, 6.07) is 18.3. The Morgan fingerprint density at radius 3 is 2.09 bits per heavy atom. The van der Waals surface area contributed by atoms with Gasteiger partial charge in [0, 0.05) is 10.7 Å². The second-order valence-corrected chi connectivity index (χ2v) is 9.84. The molecule has 0 saturated carbocycles. The average Bonchev–Trinajstić information content (AvgIpc) is 3.04. The Morgan fingerprint density at radius 1 is 0.882 bits per heavy atom. The molecule has 0 aromatic heterocycles. The predicted octanol–water partition coefficient (Wildman–Crippen LogP) is 4.87. The SMILES string of the molecule is COc1cc(/C=C2\C(=O)N(c3cccc(Cl)c3)C(c3ccccc3)S2(=O)=O)cc(OC)c1OC. The lowest BCUT2D eigenvalue weighted by molar-refractivity contribution is -0.114. The Labute approximate surface area is 203 Å². The van der Waals surface area contributed by atoms with Crippen LogP contribution in [0.2, 0.25) is 5.02 Å². The average molecular weight is 500 g/mol. The second-order valence-electron chi connectivity index (χ2n) is 7.43. The van der Waals surface area contributed by atoms with Crippen LogP contribution in [0.4, 0.5) is 5.69 Å². The number of halogens is 1. The zero-order valence-corrected chi connectivity index (χ0v) is 20.3. The molecule has 1 heterocycles. The van der Waals surface area contributed by atoms with Gasteiger partial charge >= 0.3 is 0 Å². The van der Waals surface area contributed by atoms with Crippen molar-refractivity contribution in [2.75, 3.05) is 26.2 Å². The molecule has 1 fully saturated rings. The Bertz CT molecular complexity index is 1350. The van der Waals surface area contributed by atoms with Gasteiger partial charge in [-0.1, -0.05) is 48.0 Å². The molecule has 3 aromatic rings. The van der Waals surface area contributed by atoms with Crippen molar-refractivity contribution in [1.29, 1.82) is 0 Å². The van der Waals surface area contributed by atoms with Crippen LogP contribution < -0.4 is 19.1 Å². The molecule has 1 unspecified atom stereocenters. The van der Waals surface area contributed by atoms with Gasteiger partial charge in [0.15, 0.2) is 16.9 Å². The third-order valence-electron chi connectivity index (χ3n) is 5.42. The molecule has 1 saturated heterocycles. The first kappa shape index (κ1) is 23.7. The summed E-state index contributed by atoms with van der Waals surface area (Å²) in [5, 5.41) is -0.857. The van der Waals surface area contributed by atoms with Crippen molar-refractivity contribution in [3.05, 3.63) is 87.8 Å². The molecule has 0 radical (unpaired) electrons. The van der Waals surface area contributed by atoms with Gasteiger partial charge in [-0.2, -0.15) is 0 Å². The predicted molar refractivity (Wildman–Crippen MR) is 131 cm³/mol. The smallest absolute Gasteiger partial charge is 0.271 e. The minimum absolute atomic E-state index is 0.336. The molecule has 0 spiro atoms. The number of ether oxygens (including phenoxy) is 3. The number of hydrogen-bond donors (Lipinski definition) is 0. The molecule has 0 bridgehead atoms. The first-order valence-electron chi connectivity index (χ1n) is 10.2. The lowest BCUT2D eigenvalue weighted by Gasteiger charge is -2.23. The number of carbonyl (C=O) groups excluding carboxylic acids is 1. The highest BCUT2D eigenvalue weighted by Crippen LogP contribution is 2.45. The van der Waals surface area contributed by atoms with Gasteiger partial charge in [0.1, 0.15) is 4.91 Å². The van der Waals surface area contributed by atoms with Gasteiger partial charge in [-0.25, -0.2) is 8.42 Å². The number of methoxy groups -OCH3 is 3. The van der Waals surface area contributed by atoms with E-state index in [1.165, 1.54) is 32.3 Å². The number of rotatable bonds is 6. The molecule has 1 amide bonds. The molecule has 34 heavy (non-hydrogen) atoms. The second kappa shape index (κ2) is 9.40. The molecular weight excluding hydrogens is 478 g/mol. The highest BCUT2D eigenvalue weighted by atomic mass is 35.5. The van der Waals surface area contributed by atoms with Gasteiger partial charge in [-0.05, 0) is 47.5 Å². The summed E-state index contributed by atoms with van der Waals surface area (Å²) in [7, 11) is 0.270. The number of anilines is 1. The van der Waals surface area contributed by atoms with E-state index in [2.05, 4.69) is 0 Å². The van der Waals surface area contributed by atoms with E-state index in [4.69, 9.17) is 25.8 Å². The van der Waals surface area contributed by atoms with E-state index in [-0.39, 0.29) is 4.91 Å². The normalized spacial score (nSPS) is 18.2. The fourth-order valence-corrected chi connectivity index (χ4v) is 5.99. The maximum atomic E-state index is 13.8. The Morgan fingerprint density at radius 2 is 1.53 bits per heavy atom. The van der Waals surface area contributed by atoms with Crippen LogP contribution in [0.25, 0.3) is 6.08 Å². The molecule has 3 aromatic carbocycles. The monoisotopic (exact) mass is 499 g/mol. The molecule has 9 heteroatoms. The number of nitrogens with zero attached hydrogens (tertiary/aromatic N) is 1. The minimum Gasteiger partial charge on any atom is -0.493 e. The van der Waals surface area contributed by atoms with E-state index >= 15 is 0 Å². The van der Waals surface area contributed by atoms with Gasteiger partial charge in [0.25, 0.3) is 5.91 Å². The standard InChI is InChI=1S/C25H22ClNO6S/c1-31-20-12-16(13-21(32-2)23(20)33-3)14-22-24(28)27(19-11-7-10-18(26)15-19)25(34(22,29)30)17-8-5-4-6-9-17/h4-15,25H,1-3H3/b22-14+. The Hall–Kier alpha value is -3.49. The van der Waals surface area contributed by atoms with E-state index in [0.717, 1.165) is 0 Å². The summed E-state index contributed by atoms with van der Waals surface area (Å²) >= 11 is 6.16. The fraction of sp³-hybridized carbons (Fsp3) is 0.160. The highest BCUT2D eigenvalue weighted by Gasteiger charge is 2.50. The van der Waals surface area contributed by atoms with E-state index in [0.29, 0.717) is 39.1 Å². The lowest BCUT2D eigenvalue weighted by atomic mass is 10.1. The van der Waals surface area contributed by atoms with Crippen LogP contribution >= 0.6 is 11.6 Å². The van der Waals surface area contributed by atoms with Crippen molar-refractivity contribution in [2.24, 2.45) is 0 Å². The Kier molecular flexibility index (Phi) is 6.54. The zero-order chi connectivity index (χ0) is 24.5.